The van der Waals surface area contributed by atoms with E-state index in [9.17, 15) is 13.6 Å². The van der Waals surface area contributed by atoms with E-state index in [0.717, 1.165) is 4.31 Å². The van der Waals surface area contributed by atoms with Crippen LogP contribution in [-0.4, -0.2) is 44.8 Å². The molecule has 0 saturated heterocycles. The number of nitrogens with zero attached hydrogens (tertiary/aromatic N) is 3. The summed E-state index contributed by atoms with van der Waals surface area (Å²) in [4.78, 5) is 21.5. The molecule has 4 rings (SSSR count). The molecule has 1 heterocycles. The van der Waals surface area contributed by atoms with Crippen molar-refractivity contribution in [2.24, 2.45) is 0 Å². The van der Waals surface area contributed by atoms with Crippen molar-refractivity contribution in [3.05, 3.63) is 71.8 Å². The number of fused-ring (bicyclic) bond motifs is 1. The Bertz CT molecular complexity index is 1450. The van der Waals surface area contributed by atoms with Crippen molar-refractivity contribution in [1.82, 2.24) is 15.3 Å². The Hall–Kier alpha value is -3.77. The number of carbonyl (C=O) groups is 1. The summed E-state index contributed by atoms with van der Waals surface area (Å²) in [6, 6.07) is 18.8. The lowest BCUT2D eigenvalue weighted by molar-refractivity contribution is -0.115. The first-order valence-corrected chi connectivity index (χ1v) is 12.7. The Kier molecular flexibility index (Phi) is 8.51. The predicted octanol–water partition coefficient (Wildman–Crippen LogP) is 4.86. The van der Waals surface area contributed by atoms with Gasteiger partial charge in [-0.1, -0.05) is 36.7 Å². The van der Waals surface area contributed by atoms with E-state index in [4.69, 9.17) is 16.3 Å². The number of aromatic nitrogens is 2. The highest BCUT2D eigenvalue weighted by molar-refractivity contribution is 7.81. The van der Waals surface area contributed by atoms with Crippen molar-refractivity contribution < 1.29 is 18.3 Å². The number of para-hydroxylation sites is 2. The van der Waals surface area contributed by atoms with E-state index in [1.54, 1.807) is 60.7 Å². The molecule has 3 aromatic carbocycles. The standard InChI is InChI=1S/C25H25ClN6O4S/c1-3-27-15-23(33)28-16-7-6-8-17(13-16)32(37(34)35)25-24(29-20-9-4-5-10-21(20)31-25)30-22-14-18(36-2)11-12-19(22)26/h4-14,27H,3,15H2,1-2H3,(H,28,33)(H,29,30)(H,34,35). The molecule has 0 saturated carbocycles. The number of anilines is 5. The van der Waals surface area contributed by atoms with Gasteiger partial charge in [-0.15, -0.1) is 0 Å². The minimum atomic E-state index is -2.55. The van der Waals surface area contributed by atoms with E-state index < -0.39 is 11.3 Å². The van der Waals surface area contributed by atoms with Gasteiger partial charge in [-0.25, -0.2) is 18.5 Å². The van der Waals surface area contributed by atoms with Gasteiger partial charge >= 0.3 is 0 Å². The third kappa shape index (κ3) is 6.33. The van der Waals surface area contributed by atoms with Crippen LogP contribution in [0.2, 0.25) is 5.02 Å². The summed E-state index contributed by atoms with van der Waals surface area (Å²) in [6.07, 6.45) is 0. The zero-order chi connectivity index (χ0) is 26.4. The van der Waals surface area contributed by atoms with Crippen LogP contribution in [0.4, 0.5) is 28.7 Å². The third-order valence-corrected chi connectivity index (χ3v) is 6.25. The Morgan fingerprint density at radius 1 is 1.08 bits per heavy atom. The number of amides is 1. The quantitative estimate of drug-likeness (QED) is 0.210. The molecule has 1 aromatic heterocycles. The number of carbonyl (C=O) groups excluding carboxylic acids is 1. The second kappa shape index (κ2) is 12.0. The summed E-state index contributed by atoms with van der Waals surface area (Å²) in [7, 11) is 1.54. The van der Waals surface area contributed by atoms with E-state index in [-0.39, 0.29) is 24.1 Å². The number of likely N-dealkylation sites (N-methyl/N-ethyl adjacent to an activating group) is 1. The molecule has 12 heteroatoms. The first kappa shape index (κ1) is 26.3. The third-order valence-electron chi connectivity index (χ3n) is 5.23. The molecule has 0 fully saturated rings. The van der Waals surface area contributed by atoms with Crippen LogP contribution in [0, 0.1) is 0 Å². The van der Waals surface area contributed by atoms with Crippen LogP contribution in [0.1, 0.15) is 6.92 Å². The summed E-state index contributed by atoms with van der Waals surface area (Å²) in [5, 5.41) is 9.25. The van der Waals surface area contributed by atoms with Crippen molar-refractivity contribution in [1.29, 1.82) is 0 Å². The van der Waals surface area contributed by atoms with Crippen LogP contribution >= 0.6 is 11.6 Å². The largest absolute Gasteiger partial charge is 0.497 e. The molecule has 37 heavy (non-hydrogen) atoms. The van der Waals surface area contributed by atoms with E-state index in [1.165, 1.54) is 7.11 Å². The molecule has 0 radical (unpaired) electrons. The first-order valence-electron chi connectivity index (χ1n) is 11.3. The van der Waals surface area contributed by atoms with Gasteiger partial charge in [0, 0.05) is 11.8 Å². The summed E-state index contributed by atoms with van der Waals surface area (Å²) in [5.74, 6) is 0.592. The molecule has 1 atom stereocenters. The van der Waals surface area contributed by atoms with Gasteiger partial charge in [-0.2, -0.15) is 0 Å². The van der Waals surface area contributed by atoms with Crippen LogP contribution in [0.25, 0.3) is 11.0 Å². The maximum atomic E-state index is 12.7. The molecular weight excluding hydrogens is 516 g/mol. The number of rotatable bonds is 10. The fourth-order valence-corrected chi connectivity index (χ4v) is 4.24. The molecule has 0 spiro atoms. The zero-order valence-corrected chi connectivity index (χ0v) is 21.6. The topological polar surface area (TPSA) is 129 Å². The minimum Gasteiger partial charge on any atom is -0.497 e. The molecule has 192 valence electrons. The summed E-state index contributed by atoms with van der Waals surface area (Å²) in [6.45, 7) is 2.69. The lowest BCUT2D eigenvalue weighted by Crippen LogP contribution is -2.28. The lowest BCUT2D eigenvalue weighted by atomic mass is 10.2. The van der Waals surface area contributed by atoms with Gasteiger partial charge in [0.25, 0.3) is 11.3 Å². The van der Waals surface area contributed by atoms with Crippen molar-refractivity contribution in [3.63, 3.8) is 0 Å². The Labute approximate surface area is 221 Å². The number of halogens is 1. The molecule has 4 N–H and O–H groups in total. The molecule has 1 unspecified atom stereocenters. The van der Waals surface area contributed by atoms with Crippen LogP contribution in [0.3, 0.4) is 0 Å². The normalized spacial score (nSPS) is 11.7. The average Bonchev–Trinajstić information content (AvgIpc) is 2.89. The second-order valence-corrected chi connectivity index (χ2v) is 8.99. The highest BCUT2D eigenvalue weighted by Crippen LogP contribution is 2.37. The Morgan fingerprint density at radius 3 is 2.54 bits per heavy atom. The number of hydrogen-bond donors (Lipinski definition) is 4. The molecule has 10 nitrogen and oxygen atoms in total. The van der Waals surface area contributed by atoms with E-state index in [1.807, 2.05) is 13.0 Å². The van der Waals surface area contributed by atoms with Crippen molar-refractivity contribution in [3.8, 4) is 5.75 Å². The number of ether oxygens (including phenoxy) is 1. The first-order chi connectivity index (χ1) is 17.9. The van der Waals surface area contributed by atoms with Gasteiger partial charge in [-0.05, 0) is 49.0 Å². The van der Waals surface area contributed by atoms with Gasteiger partial charge in [0.15, 0.2) is 11.6 Å². The number of methoxy groups -OCH3 is 1. The summed E-state index contributed by atoms with van der Waals surface area (Å²) < 4.78 is 29.5. The van der Waals surface area contributed by atoms with Gasteiger partial charge in [0.05, 0.1) is 41.1 Å². The monoisotopic (exact) mass is 540 g/mol. The van der Waals surface area contributed by atoms with E-state index >= 15 is 0 Å². The maximum absolute atomic E-state index is 12.7. The second-order valence-electron chi connectivity index (χ2n) is 7.76. The summed E-state index contributed by atoms with van der Waals surface area (Å²) in [5.41, 5.74) is 2.33. The van der Waals surface area contributed by atoms with Crippen LogP contribution in [0.5, 0.6) is 5.75 Å². The Morgan fingerprint density at radius 2 is 1.84 bits per heavy atom. The zero-order valence-electron chi connectivity index (χ0n) is 20.1. The number of nitrogens with one attached hydrogen (secondary N) is 3. The van der Waals surface area contributed by atoms with E-state index in [0.29, 0.717) is 45.4 Å². The van der Waals surface area contributed by atoms with Crippen LogP contribution in [0.15, 0.2) is 66.7 Å². The van der Waals surface area contributed by atoms with Gasteiger partial charge in [0.1, 0.15) is 5.75 Å². The highest BCUT2D eigenvalue weighted by Gasteiger charge is 2.24. The van der Waals surface area contributed by atoms with Crippen molar-refractivity contribution >= 4 is 68.5 Å². The average molecular weight is 541 g/mol. The number of hydrogen-bond acceptors (Lipinski definition) is 7. The molecule has 4 aromatic rings. The van der Waals surface area contributed by atoms with Crippen LogP contribution < -0.4 is 25.0 Å². The molecule has 0 aliphatic rings. The molecule has 0 aliphatic heterocycles. The molecule has 0 aliphatic carbocycles. The fraction of sp³-hybridized carbons (Fsp3) is 0.160. The molecular formula is C25H25ClN6O4S. The SMILES string of the molecule is CCNCC(=O)Nc1cccc(N(c2nc3ccccc3nc2Nc2cc(OC)ccc2Cl)S(=O)O)c1. The maximum Gasteiger partial charge on any atom is 0.268 e. The summed E-state index contributed by atoms with van der Waals surface area (Å²) >= 11 is 3.86. The van der Waals surface area contributed by atoms with Gasteiger partial charge in [0.2, 0.25) is 5.91 Å². The minimum absolute atomic E-state index is 0.0783. The number of benzene rings is 3. The highest BCUT2D eigenvalue weighted by atomic mass is 35.5. The smallest absolute Gasteiger partial charge is 0.268 e. The van der Waals surface area contributed by atoms with Crippen molar-refractivity contribution in [2.75, 3.05) is 35.1 Å². The predicted molar refractivity (Wildman–Crippen MR) is 147 cm³/mol. The molecule has 1 amide bonds. The van der Waals surface area contributed by atoms with Gasteiger partial charge < -0.3 is 20.7 Å². The van der Waals surface area contributed by atoms with E-state index in [2.05, 4.69) is 25.9 Å². The Balaban J connectivity index is 1.80. The van der Waals surface area contributed by atoms with Gasteiger partial charge in [-0.3, -0.25) is 9.35 Å². The fourth-order valence-electron chi connectivity index (χ4n) is 3.51. The van der Waals surface area contributed by atoms with Crippen molar-refractivity contribution in [2.45, 2.75) is 6.92 Å². The van der Waals surface area contributed by atoms with Crippen LogP contribution in [-0.2, 0) is 16.1 Å². The molecule has 0 bridgehead atoms. The lowest BCUT2D eigenvalue weighted by Gasteiger charge is -2.23.